The van der Waals surface area contributed by atoms with Crippen molar-refractivity contribution in [1.29, 1.82) is 0 Å². The SMILES string of the molecule is CCCOc1ccc(/C=N/Nc2cccc(C(=O)O)c2)cc1Br. The van der Waals surface area contributed by atoms with Crippen molar-refractivity contribution >= 4 is 33.8 Å². The van der Waals surface area contributed by atoms with Gasteiger partial charge in [-0.15, -0.1) is 0 Å². The van der Waals surface area contributed by atoms with Gasteiger partial charge >= 0.3 is 5.97 Å². The van der Waals surface area contributed by atoms with Crippen molar-refractivity contribution in [3.63, 3.8) is 0 Å². The molecular formula is C17H17BrN2O3. The van der Waals surface area contributed by atoms with Crippen LogP contribution >= 0.6 is 15.9 Å². The zero-order chi connectivity index (χ0) is 16.7. The fraction of sp³-hybridized carbons (Fsp3) is 0.176. The first-order valence-electron chi connectivity index (χ1n) is 7.15. The fourth-order valence-corrected chi connectivity index (χ4v) is 2.34. The van der Waals surface area contributed by atoms with Crippen molar-refractivity contribution in [2.75, 3.05) is 12.0 Å². The summed E-state index contributed by atoms with van der Waals surface area (Å²) in [6.07, 6.45) is 2.61. The van der Waals surface area contributed by atoms with Crippen molar-refractivity contribution in [1.82, 2.24) is 0 Å². The molecule has 6 heteroatoms. The van der Waals surface area contributed by atoms with Gasteiger partial charge in [0.2, 0.25) is 0 Å². The molecule has 5 nitrogen and oxygen atoms in total. The summed E-state index contributed by atoms with van der Waals surface area (Å²) in [7, 11) is 0. The zero-order valence-electron chi connectivity index (χ0n) is 12.6. The molecular weight excluding hydrogens is 360 g/mol. The number of anilines is 1. The molecule has 0 unspecified atom stereocenters. The Balaban J connectivity index is 2.01. The van der Waals surface area contributed by atoms with Gasteiger partial charge in [0, 0.05) is 0 Å². The summed E-state index contributed by atoms with van der Waals surface area (Å²) in [4.78, 5) is 10.9. The fourth-order valence-electron chi connectivity index (χ4n) is 1.83. The molecule has 0 bridgehead atoms. The highest BCUT2D eigenvalue weighted by Crippen LogP contribution is 2.25. The number of halogens is 1. The van der Waals surface area contributed by atoms with Crippen LogP contribution in [0.2, 0.25) is 0 Å². The molecule has 23 heavy (non-hydrogen) atoms. The van der Waals surface area contributed by atoms with Gasteiger partial charge in [-0.25, -0.2) is 4.79 Å². The third-order valence-corrected chi connectivity index (χ3v) is 3.55. The molecule has 120 valence electrons. The predicted octanol–water partition coefficient (Wildman–Crippen LogP) is 4.38. The average molecular weight is 377 g/mol. The van der Waals surface area contributed by atoms with E-state index in [2.05, 4.69) is 33.4 Å². The maximum atomic E-state index is 10.9. The van der Waals surface area contributed by atoms with E-state index in [9.17, 15) is 4.79 Å². The van der Waals surface area contributed by atoms with Crippen LogP contribution in [0.4, 0.5) is 5.69 Å². The molecule has 0 aliphatic heterocycles. The van der Waals surface area contributed by atoms with Crippen molar-refractivity contribution < 1.29 is 14.6 Å². The van der Waals surface area contributed by atoms with Gasteiger partial charge in [0.05, 0.1) is 28.5 Å². The molecule has 0 spiro atoms. The van der Waals surface area contributed by atoms with E-state index in [-0.39, 0.29) is 5.56 Å². The first-order valence-corrected chi connectivity index (χ1v) is 7.94. The van der Waals surface area contributed by atoms with E-state index in [1.165, 1.54) is 12.1 Å². The van der Waals surface area contributed by atoms with E-state index in [0.717, 1.165) is 22.2 Å². The quantitative estimate of drug-likeness (QED) is 0.555. The lowest BCUT2D eigenvalue weighted by molar-refractivity contribution is 0.0697. The van der Waals surface area contributed by atoms with Crippen LogP contribution in [0.15, 0.2) is 52.0 Å². The minimum atomic E-state index is -0.968. The molecule has 0 aliphatic carbocycles. The van der Waals surface area contributed by atoms with Gasteiger partial charge in [0.15, 0.2) is 0 Å². The van der Waals surface area contributed by atoms with Crippen LogP contribution in [0, 0.1) is 0 Å². The minimum absolute atomic E-state index is 0.213. The van der Waals surface area contributed by atoms with Gasteiger partial charge in [0.25, 0.3) is 0 Å². The minimum Gasteiger partial charge on any atom is -0.492 e. The second kappa shape index (κ2) is 8.33. The number of hydrazone groups is 1. The molecule has 0 amide bonds. The van der Waals surface area contributed by atoms with Gasteiger partial charge < -0.3 is 9.84 Å². The molecule has 0 aliphatic rings. The van der Waals surface area contributed by atoms with E-state index in [1.807, 2.05) is 18.2 Å². The first kappa shape index (κ1) is 17.0. The van der Waals surface area contributed by atoms with Gasteiger partial charge in [0.1, 0.15) is 5.75 Å². The average Bonchev–Trinajstić information content (AvgIpc) is 2.54. The van der Waals surface area contributed by atoms with Gasteiger partial charge in [-0.3, -0.25) is 5.43 Å². The Morgan fingerprint density at radius 3 is 2.87 bits per heavy atom. The number of carboxylic acids is 1. The lowest BCUT2D eigenvalue weighted by Gasteiger charge is -2.07. The van der Waals surface area contributed by atoms with E-state index < -0.39 is 5.97 Å². The van der Waals surface area contributed by atoms with Crippen LogP contribution in [-0.4, -0.2) is 23.9 Å². The normalized spacial score (nSPS) is 10.7. The molecule has 2 rings (SSSR count). The largest absolute Gasteiger partial charge is 0.492 e. The number of nitrogens with zero attached hydrogens (tertiary/aromatic N) is 1. The number of hydrogen-bond acceptors (Lipinski definition) is 4. The number of rotatable bonds is 7. The molecule has 0 heterocycles. The van der Waals surface area contributed by atoms with E-state index in [0.29, 0.717) is 12.3 Å². The molecule has 2 aromatic rings. The summed E-state index contributed by atoms with van der Waals surface area (Å²) >= 11 is 3.47. The van der Waals surface area contributed by atoms with Crippen molar-refractivity contribution in [2.24, 2.45) is 5.10 Å². The number of benzene rings is 2. The van der Waals surface area contributed by atoms with Gasteiger partial charge in [-0.2, -0.15) is 5.10 Å². The summed E-state index contributed by atoms with van der Waals surface area (Å²) in [6, 6.07) is 12.2. The lowest BCUT2D eigenvalue weighted by Crippen LogP contribution is -1.98. The van der Waals surface area contributed by atoms with Crippen molar-refractivity contribution in [3.05, 3.63) is 58.1 Å². The summed E-state index contributed by atoms with van der Waals surface area (Å²) in [5.41, 5.74) is 4.53. The molecule has 0 fully saturated rings. The number of ether oxygens (including phenoxy) is 1. The highest BCUT2D eigenvalue weighted by molar-refractivity contribution is 9.10. The number of nitrogens with one attached hydrogen (secondary N) is 1. The summed E-state index contributed by atoms with van der Waals surface area (Å²) in [5, 5.41) is 13.1. The Morgan fingerprint density at radius 2 is 2.17 bits per heavy atom. The summed E-state index contributed by atoms with van der Waals surface area (Å²) in [6.45, 7) is 2.73. The topological polar surface area (TPSA) is 70.9 Å². The Labute approximate surface area is 143 Å². The Morgan fingerprint density at radius 1 is 1.35 bits per heavy atom. The van der Waals surface area contributed by atoms with Crippen LogP contribution < -0.4 is 10.2 Å². The molecule has 0 aromatic heterocycles. The molecule has 2 aromatic carbocycles. The molecule has 0 radical (unpaired) electrons. The van der Waals surface area contributed by atoms with Crippen LogP contribution in [0.3, 0.4) is 0 Å². The Bertz CT molecular complexity index is 717. The van der Waals surface area contributed by atoms with Crippen LogP contribution in [0.1, 0.15) is 29.3 Å². The van der Waals surface area contributed by atoms with Gasteiger partial charge in [-0.05, 0) is 64.3 Å². The maximum Gasteiger partial charge on any atom is 0.335 e. The Hall–Kier alpha value is -2.34. The predicted molar refractivity (Wildman–Crippen MR) is 94.5 cm³/mol. The molecule has 0 saturated carbocycles. The second-order valence-corrected chi connectivity index (χ2v) is 5.65. The molecule has 0 atom stereocenters. The summed E-state index contributed by atoms with van der Waals surface area (Å²) < 4.78 is 6.45. The zero-order valence-corrected chi connectivity index (χ0v) is 14.2. The summed E-state index contributed by atoms with van der Waals surface area (Å²) in [5.74, 6) is -0.171. The number of carbonyl (C=O) groups is 1. The van der Waals surface area contributed by atoms with E-state index >= 15 is 0 Å². The molecule has 2 N–H and O–H groups in total. The van der Waals surface area contributed by atoms with Crippen molar-refractivity contribution in [3.8, 4) is 5.75 Å². The van der Waals surface area contributed by atoms with Crippen molar-refractivity contribution in [2.45, 2.75) is 13.3 Å². The molecule has 0 saturated heterocycles. The number of hydrogen-bond donors (Lipinski definition) is 2. The second-order valence-electron chi connectivity index (χ2n) is 4.79. The number of carboxylic acid groups (broad SMARTS) is 1. The number of aromatic carboxylic acids is 1. The standard InChI is InChI=1S/C17H17BrN2O3/c1-2-8-23-16-7-6-12(9-15(16)18)11-19-20-14-5-3-4-13(10-14)17(21)22/h3-7,9-11,20H,2,8H2,1H3,(H,21,22)/b19-11+. The third kappa shape index (κ3) is 5.10. The van der Waals surface area contributed by atoms with Crippen LogP contribution in [-0.2, 0) is 0 Å². The van der Waals surface area contributed by atoms with E-state index in [4.69, 9.17) is 9.84 Å². The highest BCUT2D eigenvalue weighted by atomic mass is 79.9. The van der Waals surface area contributed by atoms with Crippen LogP contribution in [0.25, 0.3) is 0 Å². The first-order chi connectivity index (χ1) is 11.1. The van der Waals surface area contributed by atoms with E-state index in [1.54, 1.807) is 18.3 Å². The smallest absolute Gasteiger partial charge is 0.335 e. The highest BCUT2D eigenvalue weighted by Gasteiger charge is 2.03. The maximum absolute atomic E-state index is 10.9. The van der Waals surface area contributed by atoms with Crippen LogP contribution in [0.5, 0.6) is 5.75 Å². The van der Waals surface area contributed by atoms with Gasteiger partial charge in [-0.1, -0.05) is 13.0 Å². The monoisotopic (exact) mass is 376 g/mol. The lowest BCUT2D eigenvalue weighted by atomic mass is 10.2. The third-order valence-electron chi connectivity index (χ3n) is 2.93. The Kier molecular flexibility index (Phi) is 6.17.